The van der Waals surface area contributed by atoms with Gasteiger partial charge in [-0.15, -0.1) is 0 Å². The molecule has 0 fully saturated rings. The molecule has 0 bridgehead atoms. The first kappa shape index (κ1) is 15.5. The number of rotatable bonds is 5. The molecule has 0 radical (unpaired) electrons. The van der Waals surface area contributed by atoms with Crippen LogP contribution in [0.4, 0.5) is 4.79 Å². The largest absolute Gasteiger partial charge is 0.414 e. The predicted octanol–water partition coefficient (Wildman–Crippen LogP) is 2.69. The third kappa shape index (κ3) is 4.59. The number of aromatic nitrogens is 1. The van der Waals surface area contributed by atoms with Gasteiger partial charge >= 0.3 is 6.09 Å². The predicted molar refractivity (Wildman–Crippen MR) is 82.8 cm³/mol. The molecule has 0 aliphatic rings. The summed E-state index contributed by atoms with van der Waals surface area (Å²) in [6.07, 6.45) is 2.53. The summed E-state index contributed by atoms with van der Waals surface area (Å²) in [6, 6.07) is 13.0. The van der Waals surface area contributed by atoms with Crippen molar-refractivity contribution in [1.29, 1.82) is 0 Å². The quantitative estimate of drug-likeness (QED) is 0.629. The highest BCUT2D eigenvalue weighted by Crippen LogP contribution is 2.14. The average Bonchev–Trinajstić information content (AvgIpc) is 2.54. The van der Waals surface area contributed by atoms with E-state index in [1.54, 1.807) is 32.4 Å². The van der Waals surface area contributed by atoms with Crippen LogP contribution < -0.4 is 4.74 Å². The lowest BCUT2D eigenvalue weighted by Crippen LogP contribution is -2.25. The molecule has 0 saturated heterocycles. The van der Waals surface area contributed by atoms with Crippen molar-refractivity contribution in [2.75, 3.05) is 14.1 Å². The van der Waals surface area contributed by atoms with Gasteiger partial charge < -0.3 is 14.5 Å². The number of oxime groups is 1. The molecule has 0 atom stereocenters. The standard InChI is InChI=1S/C16H17N3O3/c1-19(2)16(20)22-15-9-6-10-17-14(15)11-18-21-12-13-7-4-3-5-8-13/h3-11H,12H2,1-2H3/b18-11+. The molecule has 0 saturated carbocycles. The van der Waals surface area contributed by atoms with E-state index in [-0.39, 0.29) is 0 Å². The molecule has 6 heteroatoms. The lowest BCUT2D eigenvalue weighted by Gasteiger charge is -2.11. The second-order valence-corrected chi connectivity index (χ2v) is 4.64. The van der Waals surface area contributed by atoms with Gasteiger partial charge in [-0.3, -0.25) is 4.98 Å². The van der Waals surface area contributed by atoms with Crippen LogP contribution in [0.5, 0.6) is 5.75 Å². The minimum atomic E-state index is -0.479. The Hall–Kier alpha value is -2.89. The summed E-state index contributed by atoms with van der Waals surface area (Å²) in [7, 11) is 3.21. The lowest BCUT2D eigenvalue weighted by molar-refractivity contribution is 0.132. The molecule has 22 heavy (non-hydrogen) atoms. The van der Waals surface area contributed by atoms with Crippen LogP contribution in [0.2, 0.25) is 0 Å². The van der Waals surface area contributed by atoms with Gasteiger partial charge in [0.25, 0.3) is 0 Å². The first-order valence-electron chi connectivity index (χ1n) is 6.70. The second kappa shape index (κ2) is 7.78. The summed E-state index contributed by atoms with van der Waals surface area (Å²) in [4.78, 5) is 22.2. The van der Waals surface area contributed by atoms with Crippen LogP contribution in [-0.4, -0.2) is 36.3 Å². The fourth-order valence-electron chi connectivity index (χ4n) is 1.54. The van der Waals surface area contributed by atoms with Crippen LogP contribution in [0, 0.1) is 0 Å². The highest BCUT2D eigenvalue weighted by molar-refractivity contribution is 5.82. The van der Waals surface area contributed by atoms with Crippen LogP contribution in [0.25, 0.3) is 0 Å². The normalized spacial score (nSPS) is 10.5. The van der Waals surface area contributed by atoms with Crippen molar-refractivity contribution in [3.63, 3.8) is 0 Å². The van der Waals surface area contributed by atoms with E-state index in [1.807, 2.05) is 30.3 Å². The van der Waals surface area contributed by atoms with Crippen LogP contribution in [-0.2, 0) is 11.4 Å². The number of benzene rings is 1. The molecule has 0 aliphatic carbocycles. The molecule has 0 spiro atoms. The second-order valence-electron chi connectivity index (χ2n) is 4.64. The number of hydrogen-bond donors (Lipinski definition) is 0. The van der Waals surface area contributed by atoms with E-state index in [9.17, 15) is 4.79 Å². The molecule has 114 valence electrons. The van der Waals surface area contributed by atoms with Crippen LogP contribution in [0.3, 0.4) is 0 Å². The summed E-state index contributed by atoms with van der Waals surface area (Å²) < 4.78 is 5.20. The number of hydrogen-bond acceptors (Lipinski definition) is 5. The van der Waals surface area contributed by atoms with E-state index in [1.165, 1.54) is 11.1 Å². The van der Waals surface area contributed by atoms with Gasteiger partial charge in [0.1, 0.15) is 12.3 Å². The smallest absolute Gasteiger partial charge is 0.408 e. The van der Waals surface area contributed by atoms with Gasteiger partial charge in [-0.25, -0.2) is 4.79 Å². The average molecular weight is 299 g/mol. The minimum absolute atomic E-state index is 0.327. The zero-order chi connectivity index (χ0) is 15.8. The molecule has 2 aromatic rings. The van der Waals surface area contributed by atoms with E-state index in [4.69, 9.17) is 9.57 Å². The number of amides is 1. The fraction of sp³-hybridized carbons (Fsp3) is 0.188. The Labute approximate surface area is 129 Å². The maximum Gasteiger partial charge on any atom is 0.414 e. The van der Waals surface area contributed by atoms with Crippen LogP contribution >= 0.6 is 0 Å². The number of pyridine rings is 1. The molecule has 0 aliphatic heterocycles. The molecule has 6 nitrogen and oxygen atoms in total. The Kier molecular flexibility index (Phi) is 5.48. The van der Waals surface area contributed by atoms with Crippen molar-refractivity contribution in [3.8, 4) is 5.75 Å². The molecule has 1 aromatic heterocycles. The number of ether oxygens (including phenoxy) is 1. The highest BCUT2D eigenvalue weighted by atomic mass is 16.6. The molecular formula is C16H17N3O3. The van der Waals surface area contributed by atoms with Gasteiger partial charge in [0.05, 0.1) is 6.21 Å². The summed E-state index contributed by atoms with van der Waals surface area (Å²) in [5.41, 5.74) is 1.44. The summed E-state index contributed by atoms with van der Waals surface area (Å²) in [5, 5.41) is 3.86. The molecule has 1 heterocycles. The van der Waals surface area contributed by atoms with Gasteiger partial charge in [0, 0.05) is 20.3 Å². The maximum atomic E-state index is 11.6. The maximum absolute atomic E-state index is 11.6. The molecule has 0 unspecified atom stereocenters. The van der Waals surface area contributed by atoms with E-state index in [0.717, 1.165) is 5.56 Å². The Bertz CT molecular complexity index is 642. The van der Waals surface area contributed by atoms with E-state index in [0.29, 0.717) is 18.1 Å². The van der Waals surface area contributed by atoms with Gasteiger partial charge in [-0.05, 0) is 17.7 Å². The molecule has 1 aromatic carbocycles. The van der Waals surface area contributed by atoms with Crippen LogP contribution in [0.15, 0.2) is 53.8 Å². The third-order valence-corrected chi connectivity index (χ3v) is 2.69. The molecular weight excluding hydrogens is 282 g/mol. The Balaban J connectivity index is 1.97. The van der Waals surface area contributed by atoms with Crippen molar-refractivity contribution < 1.29 is 14.4 Å². The van der Waals surface area contributed by atoms with E-state index < -0.39 is 6.09 Å². The zero-order valence-corrected chi connectivity index (χ0v) is 12.5. The first-order valence-corrected chi connectivity index (χ1v) is 6.70. The SMILES string of the molecule is CN(C)C(=O)Oc1cccnc1/C=N/OCc1ccccc1. The fourth-order valence-corrected chi connectivity index (χ4v) is 1.54. The van der Waals surface area contributed by atoms with Gasteiger partial charge in [0.15, 0.2) is 5.75 Å². The zero-order valence-electron chi connectivity index (χ0n) is 12.5. The van der Waals surface area contributed by atoms with Gasteiger partial charge in [0.2, 0.25) is 0 Å². The first-order chi connectivity index (χ1) is 10.7. The monoisotopic (exact) mass is 299 g/mol. The van der Waals surface area contributed by atoms with Crippen molar-refractivity contribution in [3.05, 3.63) is 59.9 Å². The molecule has 1 amide bonds. The lowest BCUT2D eigenvalue weighted by atomic mass is 10.2. The van der Waals surface area contributed by atoms with Gasteiger partial charge in [-0.1, -0.05) is 35.5 Å². The Morgan fingerprint density at radius 1 is 1.23 bits per heavy atom. The van der Waals surface area contributed by atoms with Crippen molar-refractivity contribution in [2.24, 2.45) is 5.16 Å². The highest BCUT2D eigenvalue weighted by Gasteiger charge is 2.10. The Morgan fingerprint density at radius 2 is 2.00 bits per heavy atom. The van der Waals surface area contributed by atoms with Crippen molar-refractivity contribution >= 4 is 12.3 Å². The van der Waals surface area contributed by atoms with Crippen LogP contribution in [0.1, 0.15) is 11.3 Å². The summed E-state index contributed by atoms with van der Waals surface area (Å²) in [6.45, 7) is 0.358. The van der Waals surface area contributed by atoms with Crippen molar-refractivity contribution in [1.82, 2.24) is 9.88 Å². The Morgan fingerprint density at radius 3 is 2.73 bits per heavy atom. The topological polar surface area (TPSA) is 64.0 Å². The summed E-state index contributed by atoms with van der Waals surface area (Å²) in [5.74, 6) is 0.327. The number of carbonyl (C=O) groups is 1. The summed E-state index contributed by atoms with van der Waals surface area (Å²) >= 11 is 0. The molecule has 0 N–H and O–H groups in total. The van der Waals surface area contributed by atoms with E-state index >= 15 is 0 Å². The van der Waals surface area contributed by atoms with Crippen molar-refractivity contribution in [2.45, 2.75) is 6.61 Å². The minimum Gasteiger partial charge on any atom is -0.408 e. The van der Waals surface area contributed by atoms with Gasteiger partial charge in [-0.2, -0.15) is 0 Å². The van der Waals surface area contributed by atoms with E-state index in [2.05, 4.69) is 10.1 Å². The molecule has 2 rings (SSSR count). The number of nitrogens with zero attached hydrogens (tertiary/aromatic N) is 3. The number of carbonyl (C=O) groups excluding carboxylic acids is 1. The third-order valence-electron chi connectivity index (χ3n) is 2.69.